The predicted molar refractivity (Wildman–Crippen MR) is 63.2 cm³/mol. The van der Waals surface area contributed by atoms with Gasteiger partial charge in [-0.3, -0.25) is 0 Å². The standard InChI is InChI=1S/C10H20Cl2N2/c1-9(2,3)14-5-4-13-7-8-6-10(8,11)12/h8,13-14H,4-7H2,1-3H3. The van der Waals surface area contributed by atoms with E-state index in [0.717, 1.165) is 26.1 Å². The second-order valence-electron chi connectivity index (χ2n) is 5.04. The summed E-state index contributed by atoms with van der Waals surface area (Å²) in [6.07, 6.45) is 0.926. The molecule has 0 aromatic heterocycles. The maximum absolute atomic E-state index is 5.90. The van der Waals surface area contributed by atoms with Crippen molar-refractivity contribution in [3.8, 4) is 0 Å². The zero-order valence-electron chi connectivity index (χ0n) is 9.16. The van der Waals surface area contributed by atoms with E-state index in [-0.39, 0.29) is 5.54 Å². The van der Waals surface area contributed by atoms with Gasteiger partial charge in [-0.1, -0.05) is 0 Å². The lowest BCUT2D eigenvalue weighted by Crippen LogP contribution is -2.40. The highest BCUT2D eigenvalue weighted by Crippen LogP contribution is 2.52. The van der Waals surface area contributed by atoms with Crippen molar-refractivity contribution < 1.29 is 0 Å². The van der Waals surface area contributed by atoms with Crippen LogP contribution in [0.3, 0.4) is 0 Å². The van der Waals surface area contributed by atoms with Gasteiger partial charge >= 0.3 is 0 Å². The number of halogens is 2. The van der Waals surface area contributed by atoms with Crippen LogP contribution < -0.4 is 10.6 Å². The lowest BCUT2D eigenvalue weighted by atomic mass is 10.1. The molecule has 1 rings (SSSR count). The van der Waals surface area contributed by atoms with Gasteiger partial charge in [0.1, 0.15) is 4.33 Å². The fourth-order valence-electron chi connectivity index (χ4n) is 1.29. The molecular formula is C10H20Cl2N2. The van der Waals surface area contributed by atoms with Crippen molar-refractivity contribution in [2.45, 2.75) is 37.1 Å². The molecule has 0 aromatic carbocycles. The minimum absolute atomic E-state index is 0.198. The highest BCUT2D eigenvalue weighted by molar-refractivity contribution is 6.50. The molecule has 0 spiro atoms. The van der Waals surface area contributed by atoms with Gasteiger partial charge in [0, 0.05) is 31.1 Å². The van der Waals surface area contributed by atoms with Gasteiger partial charge in [0.15, 0.2) is 0 Å². The van der Waals surface area contributed by atoms with E-state index in [1.807, 2.05) is 0 Å². The van der Waals surface area contributed by atoms with Crippen molar-refractivity contribution in [1.29, 1.82) is 0 Å². The van der Waals surface area contributed by atoms with Gasteiger partial charge in [0.05, 0.1) is 0 Å². The Morgan fingerprint density at radius 1 is 1.29 bits per heavy atom. The lowest BCUT2D eigenvalue weighted by molar-refractivity contribution is 0.420. The summed E-state index contributed by atoms with van der Waals surface area (Å²) in [5.74, 6) is 0.445. The fraction of sp³-hybridized carbons (Fsp3) is 1.00. The Balaban J connectivity index is 1.91. The largest absolute Gasteiger partial charge is 0.315 e. The second-order valence-corrected chi connectivity index (χ2v) is 6.59. The van der Waals surface area contributed by atoms with E-state index in [0.29, 0.717) is 5.92 Å². The van der Waals surface area contributed by atoms with Crippen LogP contribution in [0.25, 0.3) is 0 Å². The summed E-state index contributed by atoms with van der Waals surface area (Å²) in [5.41, 5.74) is 0.198. The predicted octanol–water partition coefficient (Wildman–Crippen LogP) is 2.16. The first-order valence-electron chi connectivity index (χ1n) is 5.15. The number of hydrogen-bond donors (Lipinski definition) is 2. The van der Waals surface area contributed by atoms with E-state index in [4.69, 9.17) is 23.2 Å². The van der Waals surface area contributed by atoms with E-state index in [1.54, 1.807) is 0 Å². The Morgan fingerprint density at radius 2 is 1.86 bits per heavy atom. The summed E-state index contributed by atoms with van der Waals surface area (Å²) >= 11 is 11.8. The van der Waals surface area contributed by atoms with Crippen LogP contribution in [-0.4, -0.2) is 29.5 Å². The van der Waals surface area contributed by atoms with E-state index in [9.17, 15) is 0 Å². The third-order valence-corrected chi connectivity index (χ3v) is 3.23. The average Bonchev–Trinajstić information content (AvgIpc) is 2.56. The zero-order chi connectivity index (χ0) is 10.8. The highest BCUT2D eigenvalue weighted by Gasteiger charge is 2.50. The smallest absolute Gasteiger partial charge is 0.122 e. The van der Waals surface area contributed by atoms with E-state index < -0.39 is 4.33 Å². The van der Waals surface area contributed by atoms with Crippen molar-refractivity contribution >= 4 is 23.2 Å². The molecule has 2 nitrogen and oxygen atoms in total. The minimum atomic E-state index is -0.440. The Bertz CT molecular complexity index is 187. The van der Waals surface area contributed by atoms with Crippen LogP contribution in [0.5, 0.6) is 0 Å². The molecule has 2 N–H and O–H groups in total. The van der Waals surface area contributed by atoms with Gasteiger partial charge in [0.2, 0.25) is 0 Å². The molecule has 0 heterocycles. The zero-order valence-corrected chi connectivity index (χ0v) is 10.7. The van der Waals surface area contributed by atoms with Crippen LogP contribution in [0.2, 0.25) is 0 Å². The van der Waals surface area contributed by atoms with Gasteiger partial charge in [-0.2, -0.15) is 0 Å². The van der Waals surface area contributed by atoms with Crippen LogP contribution in [0.4, 0.5) is 0 Å². The number of rotatable bonds is 5. The Hall–Kier alpha value is 0.500. The number of nitrogens with one attached hydrogen (secondary N) is 2. The van der Waals surface area contributed by atoms with Crippen molar-refractivity contribution in [2.24, 2.45) is 5.92 Å². The van der Waals surface area contributed by atoms with Gasteiger partial charge < -0.3 is 10.6 Å². The molecule has 1 unspecified atom stereocenters. The molecule has 1 saturated carbocycles. The summed E-state index contributed by atoms with van der Waals surface area (Å²) in [5, 5.41) is 6.75. The van der Waals surface area contributed by atoms with Crippen LogP contribution in [0.15, 0.2) is 0 Å². The maximum atomic E-state index is 5.90. The van der Waals surface area contributed by atoms with Crippen molar-refractivity contribution in [3.05, 3.63) is 0 Å². The molecule has 4 heteroatoms. The van der Waals surface area contributed by atoms with Crippen molar-refractivity contribution in [1.82, 2.24) is 10.6 Å². The Kier molecular flexibility index (Phi) is 4.10. The summed E-state index contributed by atoms with van der Waals surface area (Å²) < 4.78 is -0.440. The quantitative estimate of drug-likeness (QED) is 0.567. The molecule has 1 atom stereocenters. The molecule has 84 valence electrons. The fourth-order valence-corrected chi connectivity index (χ4v) is 1.82. The Labute approximate surface area is 96.7 Å². The molecule has 0 bridgehead atoms. The van der Waals surface area contributed by atoms with E-state index >= 15 is 0 Å². The van der Waals surface area contributed by atoms with Crippen LogP contribution in [0, 0.1) is 5.92 Å². The summed E-state index contributed by atoms with van der Waals surface area (Å²) in [4.78, 5) is 0. The molecule has 1 aliphatic carbocycles. The summed E-state index contributed by atoms with van der Waals surface area (Å²) in [6, 6.07) is 0. The van der Waals surface area contributed by atoms with Crippen LogP contribution >= 0.6 is 23.2 Å². The molecule has 0 radical (unpaired) electrons. The number of alkyl halides is 2. The molecule has 0 aromatic rings. The monoisotopic (exact) mass is 238 g/mol. The van der Waals surface area contributed by atoms with Crippen LogP contribution in [-0.2, 0) is 0 Å². The van der Waals surface area contributed by atoms with Gasteiger partial charge in [0.25, 0.3) is 0 Å². The van der Waals surface area contributed by atoms with Crippen molar-refractivity contribution in [3.63, 3.8) is 0 Å². The second kappa shape index (κ2) is 4.56. The van der Waals surface area contributed by atoms with E-state index in [2.05, 4.69) is 31.4 Å². The summed E-state index contributed by atoms with van der Waals surface area (Å²) in [6.45, 7) is 9.37. The van der Waals surface area contributed by atoms with Gasteiger partial charge in [-0.15, -0.1) is 23.2 Å². The highest BCUT2D eigenvalue weighted by atomic mass is 35.5. The SMILES string of the molecule is CC(C)(C)NCCNCC1CC1(Cl)Cl. The van der Waals surface area contributed by atoms with Gasteiger partial charge in [-0.25, -0.2) is 0 Å². The minimum Gasteiger partial charge on any atom is -0.315 e. The maximum Gasteiger partial charge on any atom is 0.122 e. The molecule has 0 saturated heterocycles. The molecule has 14 heavy (non-hydrogen) atoms. The molecule has 0 aliphatic heterocycles. The topological polar surface area (TPSA) is 24.1 Å². The first-order valence-corrected chi connectivity index (χ1v) is 5.90. The first-order chi connectivity index (χ1) is 6.31. The third kappa shape index (κ3) is 4.83. The van der Waals surface area contributed by atoms with Gasteiger partial charge in [-0.05, 0) is 27.2 Å². The molecule has 1 aliphatic rings. The third-order valence-electron chi connectivity index (χ3n) is 2.30. The normalized spacial score (nSPS) is 25.1. The molecule has 0 amide bonds. The lowest BCUT2D eigenvalue weighted by Gasteiger charge is -2.20. The Morgan fingerprint density at radius 3 is 2.29 bits per heavy atom. The van der Waals surface area contributed by atoms with Crippen molar-refractivity contribution in [2.75, 3.05) is 19.6 Å². The van der Waals surface area contributed by atoms with Crippen LogP contribution in [0.1, 0.15) is 27.2 Å². The van der Waals surface area contributed by atoms with E-state index in [1.165, 1.54) is 0 Å². The first kappa shape index (κ1) is 12.6. The molecule has 1 fully saturated rings. The molecular weight excluding hydrogens is 219 g/mol. The average molecular weight is 239 g/mol. The number of hydrogen-bond acceptors (Lipinski definition) is 2. The summed E-state index contributed by atoms with van der Waals surface area (Å²) in [7, 11) is 0.